The summed E-state index contributed by atoms with van der Waals surface area (Å²) in [5.41, 5.74) is -11.8. The summed E-state index contributed by atoms with van der Waals surface area (Å²) in [5, 5.41) is 1.69. The second kappa shape index (κ2) is 8.52. The Bertz CT molecular complexity index is 1500. The molecule has 4 amide bonds. The Hall–Kier alpha value is -4.58. The molecule has 2 aliphatic heterocycles. The summed E-state index contributed by atoms with van der Waals surface area (Å²) in [7, 11) is 0. The largest absolute Gasteiger partial charge is 0.411 e. The molecule has 12 heteroatoms. The van der Waals surface area contributed by atoms with E-state index in [1.54, 1.807) is 5.32 Å². The van der Waals surface area contributed by atoms with E-state index in [2.05, 4.69) is 23.7 Å². The molecule has 0 bridgehead atoms. The monoisotopic (exact) mass is 518 g/mol. The molecule has 0 fully saturated rings. The van der Waals surface area contributed by atoms with Crippen LogP contribution in [0.2, 0.25) is 0 Å². The minimum Gasteiger partial charge on any atom is -0.288 e. The van der Waals surface area contributed by atoms with Crippen LogP contribution >= 0.6 is 0 Å². The number of fused-ring (bicyclic) bond motifs is 2. The van der Waals surface area contributed by atoms with Crippen LogP contribution in [-0.4, -0.2) is 47.4 Å². The van der Waals surface area contributed by atoms with Gasteiger partial charge < -0.3 is 0 Å². The molecule has 0 saturated heterocycles. The maximum Gasteiger partial charge on any atom is 0.411 e. The highest BCUT2D eigenvalue weighted by molar-refractivity contribution is 6.23. The van der Waals surface area contributed by atoms with Crippen LogP contribution in [0.15, 0.2) is 36.4 Å². The first kappa shape index (κ1) is 25.5. The highest BCUT2D eigenvalue weighted by Gasteiger charge is 2.74. The number of rotatable bonds is 3. The van der Waals surface area contributed by atoms with Gasteiger partial charge >= 0.3 is 12.4 Å². The van der Waals surface area contributed by atoms with E-state index in [0.29, 0.717) is 17.0 Å². The molecule has 188 valence electrons. The minimum absolute atomic E-state index is 0.404. The number of hydrogen-bond acceptors (Lipinski definition) is 4. The first-order valence-corrected chi connectivity index (χ1v) is 10.3. The van der Waals surface area contributed by atoms with Crippen LogP contribution < -0.4 is 5.32 Å². The Kier molecular flexibility index (Phi) is 5.87. The van der Waals surface area contributed by atoms with Gasteiger partial charge in [-0.15, -0.1) is 0 Å². The Morgan fingerprint density at radius 1 is 0.757 bits per heavy atom. The zero-order chi connectivity index (χ0) is 27.3. The Labute approximate surface area is 204 Å². The molecule has 2 heterocycles. The van der Waals surface area contributed by atoms with Gasteiger partial charge in [0.25, 0.3) is 23.6 Å². The molecule has 6 nitrogen and oxygen atoms in total. The van der Waals surface area contributed by atoms with Crippen molar-refractivity contribution in [1.82, 2.24) is 10.2 Å². The van der Waals surface area contributed by atoms with E-state index in [9.17, 15) is 45.5 Å². The van der Waals surface area contributed by atoms with Crippen LogP contribution in [0.3, 0.4) is 0 Å². The normalized spacial score (nSPS) is 14.9. The molecule has 0 radical (unpaired) electrons. The molecule has 0 unspecified atom stereocenters. The third-order valence-corrected chi connectivity index (χ3v) is 5.93. The molecule has 2 aromatic carbocycles. The van der Waals surface area contributed by atoms with Gasteiger partial charge in [0, 0.05) is 0 Å². The summed E-state index contributed by atoms with van der Waals surface area (Å²) >= 11 is 0. The van der Waals surface area contributed by atoms with Crippen LogP contribution in [0.1, 0.15) is 59.5 Å². The topological polar surface area (TPSA) is 83.6 Å². The van der Waals surface area contributed by atoms with E-state index in [4.69, 9.17) is 0 Å². The number of carbonyl (C=O) groups excluding carboxylic acids is 4. The molecule has 0 spiro atoms. The molecule has 1 N–H and O–H groups in total. The van der Waals surface area contributed by atoms with Gasteiger partial charge in [0.1, 0.15) is 0 Å². The lowest BCUT2D eigenvalue weighted by atomic mass is 9.68. The average molecular weight is 518 g/mol. The maximum absolute atomic E-state index is 14.8. The van der Waals surface area contributed by atoms with Crippen LogP contribution in [0.5, 0.6) is 0 Å². The Morgan fingerprint density at radius 2 is 1.32 bits per heavy atom. The molecule has 0 atom stereocenters. The summed E-state index contributed by atoms with van der Waals surface area (Å²) in [6.07, 6.45) is -12.4. The smallest absolute Gasteiger partial charge is 0.288 e. The number of amides is 4. The lowest BCUT2D eigenvalue weighted by Gasteiger charge is -2.39. The fraction of sp³-hybridized carbons (Fsp3) is 0.200. The molecule has 0 saturated carbocycles. The molecule has 37 heavy (non-hydrogen) atoms. The lowest BCUT2D eigenvalue weighted by molar-refractivity contribution is -0.288. The number of carbonyl (C=O) groups is 4. The molecule has 2 aromatic rings. The third kappa shape index (κ3) is 3.56. The molecule has 0 aliphatic carbocycles. The first-order chi connectivity index (χ1) is 17.3. The number of benzene rings is 2. The van der Waals surface area contributed by atoms with Crippen molar-refractivity contribution in [3.63, 3.8) is 0 Å². The van der Waals surface area contributed by atoms with E-state index in [-0.39, 0.29) is 0 Å². The number of nitrogens with zero attached hydrogens (tertiary/aromatic N) is 1. The van der Waals surface area contributed by atoms with Crippen molar-refractivity contribution < 1.29 is 45.5 Å². The van der Waals surface area contributed by atoms with Crippen molar-refractivity contribution in [2.45, 2.75) is 24.7 Å². The highest BCUT2D eigenvalue weighted by atomic mass is 19.4. The molecule has 0 aromatic heterocycles. The van der Waals surface area contributed by atoms with Crippen molar-refractivity contribution in [3.8, 4) is 23.7 Å². The second-order valence-corrected chi connectivity index (χ2v) is 7.86. The summed E-state index contributed by atoms with van der Waals surface area (Å²) in [6.45, 7) is 0.814. The number of hydrogen-bond donors (Lipinski definition) is 1. The van der Waals surface area contributed by atoms with Crippen LogP contribution in [0.25, 0.3) is 0 Å². The average Bonchev–Trinajstić information content (AvgIpc) is 3.23. The van der Waals surface area contributed by atoms with Crippen LogP contribution in [-0.2, 0) is 5.41 Å². The predicted molar refractivity (Wildman–Crippen MR) is 114 cm³/mol. The standard InChI is InChI=1S/C25H12F6N2O4/c1-2-3-4-5-12-33-21(36)14-9-7-11-16(18(14)22(33)37)23(24(26,27)28,25(29,30)31)15-10-6-8-13-17(15)20(35)32-19(13)34/h6-11H,12H2,1H3,(H,32,34,35). The molecular weight excluding hydrogens is 506 g/mol. The van der Waals surface area contributed by atoms with Crippen molar-refractivity contribution in [1.29, 1.82) is 0 Å². The summed E-state index contributed by atoms with van der Waals surface area (Å²) in [4.78, 5) is 50.7. The van der Waals surface area contributed by atoms with Crippen molar-refractivity contribution in [2.75, 3.05) is 6.54 Å². The van der Waals surface area contributed by atoms with Crippen LogP contribution in [0, 0.1) is 23.7 Å². The van der Waals surface area contributed by atoms with E-state index in [1.165, 1.54) is 6.92 Å². The lowest BCUT2D eigenvalue weighted by Crippen LogP contribution is -2.56. The van der Waals surface area contributed by atoms with Gasteiger partial charge in [0.05, 0.1) is 28.8 Å². The fourth-order valence-corrected chi connectivity index (χ4v) is 4.46. The Morgan fingerprint density at radius 3 is 1.89 bits per heavy atom. The van der Waals surface area contributed by atoms with Crippen molar-refractivity contribution in [2.24, 2.45) is 0 Å². The van der Waals surface area contributed by atoms with Gasteiger partial charge in [-0.1, -0.05) is 36.1 Å². The van der Waals surface area contributed by atoms with Gasteiger partial charge in [-0.3, -0.25) is 29.4 Å². The van der Waals surface area contributed by atoms with Crippen LogP contribution in [0.4, 0.5) is 26.3 Å². The first-order valence-electron chi connectivity index (χ1n) is 10.3. The van der Waals surface area contributed by atoms with Crippen molar-refractivity contribution in [3.05, 3.63) is 69.8 Å². The van der Waals surface area contributed by atoms with E-state index in [1.807, 2.05) is 0 Å². The number of halogens is 6. The second-order valence-electron chi connectivity index (χ2n) is 7.86. The highest BCUT2D eigenvalue weighted by Crippen LogP contribution is 2.58. The molecule has 4 rings (SSSR count). The number of imide groups is 2. The maximum atomic E-state index is 14.8. The zero-order valence-electron chi connectivity index (χ0n) is 18.5. The van der Waals surface area contributed by atoms with Gasteiger partial charge in [-0.25, -0.2) is 0 Å². The summed E-state index contributed by atoms with van der Waals surface area (Å²) in [6, 6.07) is 4.22. The fourth-order valence-electron chi connectivity index (χ4n) is 4.46. The van der Waals surface area contributed by atoms with Gasteiger partial charge in [0.2, 0.25) is 5.41 Å². The molecular formula is C25H12F6N2O4. The van der Waals surface area contributed by atoms with Gasteiger partial charge in [0.15, 0.2) is 0 Å². The summed E-state index contributed by atoms with van der Waals surface area (Å²) in [5.74, 6) is 4.17. The van der Waals surface area contributed by atoms with E-state index in [0.717, 1.165) is 24.3 Å². The minimum atomic E-state index is -6.19. The number of nitrogens with one attached hydrogen (secondary N) is 1. The SMILES string of the molecule is CC#CC#CCN1C(=O)c2cccc(C(c3cccc4c3C(=O)NC4=O)(C(F)(F)F)C(F)(F)F)c2C1=O. The number of alkyl halides is 6. The molecule has 2 aliphatic rings. The third-order valence-electron chi connectivity index (χ3n) is 5.93. The van der Waals surface area contributed by atoms with Gasteiger partial charge in [-0.05, 0) is 42.0 Å². The van der Waals surface area contributed by atoms with Crippen molar-refractivity contribution >= 4 is 23.6 Å². The predicted octanol–water partition coefficient (Wildman–Crippen LogP) is 3.60. The van der Waals surface area contributed by atoms with E-state index >= 15 is 0 Å². The van der Waals surface area contributed by atoms with E-state index < -0.39 is 81.3 Å². The Balaban J connectivity index is 2.09. The van der Waals surface area contributed by atoms with Gasteiger partial charge in [-0.2, -0.15) is 26.3 Å². The summed E-state index contributed by atoms with van der Waals surface area (Å²) < 4.78 is 89.0. The zero-order valence-corrected chi connectivity index (χ0v) is 18.5. The quantitative estimate of drug-likeness (QED) is 0.383.